The standard InChI is InChI=1S/C18H18N6O2/c25-17(14-8-4-5-9-20-14)23-15-12-22-24-16(15)18(26)21-11-10-19-13-6-2-1-3-7-13/h1-9,12,19H,10-11H2,(H,21,26)(H,22,24)(H,23,25). The van der Waals surface area contributed by atoms with Gasteiger partial charge in [-0.2, -0.15) is 5.10 Å². The zero-order valence-corrected chi connectivity index (χ0v) is 13.9. The molecule has 8 heteroatoms. The lowest BCUT2D eigenvalue weighted by molar-refractivity contribution is 0.0951. The topological polar surface area (TPSA) is 112 Å². The molecule has 26 heavy (non-hydrogen) atoms. The third-order valence-corrected chi connectivity index (χ3v) is 3.53. The molecule has 0 saturated carbocycles. The second kappa shape index (κ2) is 8.43. The number of anilines is 2. The van der Waals surface area contributed by atoms with Gasteiger partial charge >= 0.3 is 0 Å². The molecule has 0 atom stereocenters. The highest BCUT2D eigenvalue weighted by Crippen LogP contribution is 2.12. The first-order chi connectivity index (χ1) is 12.7. The van der Waals surface area contributed by atoms with Crippen LogP contribution in [-0.2, 0) is 0 Å². The molecule has 3 rings (SSSR count). The van der Waals surface area contributed by atoms with Crippen molar-refractivity contribution in [1.82, 2.24) is 20.5 Å². The Hall–Kier alpha value is -3.68. The second-order valence-corrected chi connectivity index (χ2v) is 5.38. The van der Waals surface area contributed by atoms with E-state index in [0.717, 1.165) is 5.69 Å². The van der Waals surface area contributed by atoms with Gasteiger partial charge in [0.2, 0.25) is 0 Å². The summed E-state index contributed by atoms with van der Waals surface area (Å²) in [5.41, 5.74) is 1.72. The molecule has 8 nitrogen and oxygen atoms in total. The molecule has 2 amide bonds. The third-order valence-electron chi connectivity index (χ3n) is 3.53. The zero-order chi connectivity index (χ0) is 18.2. The van der Waals surface area contributed by atoms with Gasteiger partial charge < -0.3 is 16.0 Å². The monoisotopic (exact) mass is 350 g/mol. The molecule has 0 aliphatic rings. The number of nitrogens with zero attached hydrogens (tertiary/aromatic N) is 2. The van der Waals surface area contributed by atoms with Crippen molar-refractivity contribution in [3.63, 3.8) is 0 Å². The fourth-order valence-electron chi connectivity index (χ4n) is 2.26. The lowest BCUT2D eigenvalue weighted by Crippen LogP contribution is -2.30. The number of aromatic amines is 1. The summed E-state index contributed by atoms with van der Waals surface area (Å²) in [5, 5.41) is 15.0. The van der Waals surface area contributed by atoms with E-state index in [1.165, 1.54) is 12.4 Å². The number of H-pyrrole nitrogens is 1. The van der Waals surface area contributed by atoms with Gasteiger partial charge in [-0.05, 0) is 24.3 Å². The van der Waals surface area contributed by atoms with Crippen molar-refractivity contribution in [3.8, 4) is 0 Å². The first-order valence-electron chi connectivity index (χ1n) is 8.07. The molecule has 2 aromatic heterocycles. The van der Waals surface area contributed by atoms with Crippen LogP contribution in [0, 0.1) is 0 Å². The van der Waals surface area contributed by atoms with Crippen LogP contribution in [0.25, 0.3) is 0 Å². The molecule has 2 heterocycles. The van der Waals surface area contributed by atoms with Gasteiger partial charge in [-0.3, -0.25) is 19.7 Å². The third kappa shape index (κ3) is 4.44. The van der Waals surface area contributed by atoms with Gasteiger partial charge in [-0.1, -0.05) is 24.3 Å². The normalized spacial score (nSPS) is 10.2. The number of para-hydroxylation sites is 1. The molecular weight excluding hydrogens is 332 g/mol. The molecular formula is C18H18N6O2. The molecule has 0 aliphatic heterocycles. The summed E-state index contributed by atoms with van der Waals surface area (Å²) in [7, 11) is 0. The number of pyridine rings is 1. The van der Waals surface area contributed by atoms with E-state index < -0.39 is 5.91 Å². The summed E-state index contributed by atoms with van der Waals surface area (Å²) in [5.74, 6) is -0.763. The number of carbonyl (C=O) groups is 2. The Morgan fingerprint density at radius 1 is 0.962 bits per heavy atom. The van der Waals surface area contributed by atoms with Gasteiger partial charge in [-0.25, -0.2) is 0 Å². The van der Waals surface area contributed by atoms with Crippen LogP contribution in [0.3, 0.4) is 0 Å². The van der Waals surface area contributed by atoms with Crippen LogP contribution in [-0.4, -0.2) is 40.1 Å². The van der Waals surface area contributed by atoms with Gasteiger partial charge in [0.15, 0.2) is 0 Å². The Morgan fingerprint density at radius 2 is 1.77 bits per heavy atom. The Balaban J connectivity index is 1.52. The van der Waals surface area contributed by atoms with E-state index in [9.17, 15) is 9.59 Å². The summed E-state index contributed by atoms with van der Waals surface area (Å²) in [4.78, 5) is 28.4. The largest absolute Gasteiger partial charge is 0.383 e. The number of hydrogen-bond donors (Lipinski definition) is 4. The quantitative estimate of drug-likeness (QED) is 0.486. The van der Waals surface area contributed by atoms with E-state index in [-0.39, 0.29) is 17.3 Å². The van der Waals surface area contributed by atoms with Crippen molar-refractivity contribution in [1.29, 1.82) is 0 Å². The predicted molar refractivity (Wildman–Crippen MR) is 98.0 cm³/mol. The molecule has 0 aliphatic carbocycles. The molecule has 0 bridgehead atoms. The number of benzene rings is 1. The molecule has 0 saturated heterocycles. The van der Waals surface area contributed by atoms with Crippen molar-refractivity contribution in [2.45, 2.75) is 0 Å². The maximum Gasteiger partial charge on any atom is 0.274 e. The average Bonchev–Trinajstić information content (AvgIpc) is 3.15. The van der Waals surface area contributed by atoms with E-state index in [1.54, 1.807) is 18.2 Å². The van der Waals surface area contributed by atoms with E-state index >= 15 is 0 Å². The summed E-state index contributed by atoms with van der Waals surface area (Å²) in [6, 6.07) is 14.7. The van der Waals surface area contributed by atoms with Gasteiger partial charge in [0.25, 0.3) is 11.8 Å². The van der Waals surface area contributed by atoms with E-state index in [2.05, 4.69) is 31.1 Å². The SMILES string of the molecule is O=C(Nc1cn[nH]c1C(=O)NCCNc1ccccc1)c1ccccn1. The fraction of sp³-hybridized carbons (Fsp3) is 0.111. The van der Waals surface area contributed by atoms with Crippen LogP contribution in [0.4, 0.5) is 11.4 Å². The molecule has 0 fully saturated rings. The van der Waals surface area contributed by atoms with Gasteiger partial charge in [0.05, 0.1) is 11.9 Å². The van der Waals surface area contributed by atoms with Crippen molar-refractivity contribution in [3.05, 3.63) is 72.3 Å². The Morgan fingerprint density at radius 3 is 2.54 bits per heavy atom. The van der Waals surface area contributed by atoms with Crippen molar-refractivity contribution in [2.24, 2.45) is 0 Å². The van der Waals surface area contributed by atoms with Crippen LogP contribution in [0.1, 0.15) is 21.0 Å². The van der Waals surface area contributed by atoms with Crippen LogP contribution in [0.15, 0.2) is 60.9 Å². The summed E-state index contributed by atoms with van der Waals surface area (Å²) in [6.45, 7) is 0.986. The van der Waals surface area contributed by atoms with Gasteiger partial charge in [0.1, 0.15) is 11.4 Å². The highest BCUT2D eigenvalue weighted by atomic mass is 16.2. The maximum absolute atomic E-state index is 12.3. The van der Waals surface area contributed by atoms with Crippen molar-refractivity contribution >= 4 is 23.2 Å². The van der Waals surface area contributed by atoms with Crippen LogP contribution in [0.5, 0.6) is 0 Å². The minimum atomic E-state index is -0.410. The van der Waals surface area contributed by atoms with E-state index in [4.69, 9.17) is 0 Å². The van der Waals surface area contributed by atoms with E-state index in [0.29, 0.717) is 18.8 Å². The number of rotatable bonds is 7. The van der Waals surface area contributed by atoms with Crippen LogP contribution in [0.2, 0.25) is 0 Å². The minimum Gasteiger partial charge on any atom is -0.383 e. The molecule has 0 unspecified atom stereocenters. The van der Waals surface area contributed by atoms with Crippen molar-refractivity contribution in [2.75, 3.05) is 23.7 Å². The summed E-state index contributed by atoms with van der Waals surface area (Å²) in [6.07, 6.45) is 2.91. The molecule has 3 aromatic rings. The molecule has 0 spiro atoms. The van der Waals surface area contributed by atoms with E-state index in [1.807, 2.05) is 30.3 Å². The smallest absolute Gasteiger partial charge is 0.274 e. The number of carbonyl (C=O) groups excluding carboxylic acids is 2. The Kier molecular flexibility index (Phi) is 5.56. The van der Waals surface area contributed by atoms with Crippen molar-refractivity contribution < 1.29 is 9.59 Å². The summed E-state index contributed by atoms with van der Waals surface area (Å²) < 4.78 is 0. The molecule has 4 N–H and O–H groups in total. The van der Waals surface area contributed by atoms with Crippen LogP contribution < -0.4 is 16.0 Å². The maximum atomic E-state index is 12.3. The Bertz CT molecular complexity index is 864. The second-order valence-electron chi connectivity index (χ2n) is 5.38. The lowest BCUT2D eigenvalue weighted by atomic mass is 10.3. The first kappa shape index (κ1) is 17.2. The average molecular weight is 350 g/mol. The number of amides is 2. The number of nitrogens with one attached hydrogen (secondary N) is 4. The predicted octanol–water partition coefficient (Wildman–Crippen LogP) is 1.90. The highest BCUT2D eigenvalue weighted by molar-refractivity contribution is 6.07. The molecule has 0 radical (unpaired) electrons. The number of hydrogen-bond acceptors (Lipinski definition) is 5. The first-order valence-corrected chi connectivity index (χ1v) is 8.07. The molecule has 1 aromatic carbocycles. The Labute approximate surface area is 150 Å². The van der Waals surface area contributed by atoms with Gasteiger partial charge in [0, 0.05) is 25.0 Å². The minimum absolute atomic E-state index is 0.189. The fourth-order valence-corrected chi connectivity index (χ4v) is 2.26. The molecule has 132 valence electrons. The zero-order valence-electron chi connectivity index (χ0n) is 13.9. The lowest BCUT2D eigenvalue weighted by Gasteiger charge is -2.08. The van der Waals surface area contributed by atoms with Gasteiger partial charge in [-0.15, -0.1) is 0 Å². The number of aromatic nitrogens is 3. The summed E-state index contributed by atoms with van der Waals surface area (Å²) >= 11 is 0. The highest BCUT2D eigenvalue weighted by Gasteiger charge is 2.16. The van der Waals surface area contributed by atoms with Crippen LogP contribution >= 0.6 is 0 Å².